The second-order valence-electron chi connectivity index (χ2n) is 12.2. The number of carbonyl (C=O) groups excluding carboxylic acids is 1. The number of fused-ring (bicyclic) bond motifs is 3. The van der Waals surface area contributed by atoms with E-state index in [0.717, 1.165) is 24.8 Å². The molecule has 228 valence electrons. The first-order valence-electron chi connectivity index (χ1n) is 14.9. The predicted octanol–water partition coefficient (Wildman–Crippen LogP) is 5.67. The third kappa shape index (κ3) is 4.94. The van der Waals surface area contributed by atoms with Crippen molar-refractivity contribution in [1.29, 1.82) is 0 Å². The summed E-state index contributed by atoms with van der Waals surface area (Å²) in [6.45, 7) is 6.80. The number of hydrogen-bond donors (Lipinski definition) is 0. The van der Waals surface area contributed by atoms with Gasteiger partial charge in [-0.3, -0.25) is 14.7 Å². The van der Waals surface area contributed by atoms with Gasteiger partial charge in [0, 0.05) is 67.7 Å². The van der Waals surface area contributed by atoms with Crippen molar-refractivity contribution in [2.75, 3.05) is 51.3 Å². The van der Waals surface area contributed by atoms with E-state index in [1.165, 1.54) is 6.08 Å². The zero-order chi connectivity index (χ0) is 30.6. The van der Waals surface area contributed by atoms with Crippen molar-refractivity contribution >= 4 is 45.0 Å². The summed E-state index contributed by atoms with van der Waals surface area (Å²) in [6.07, 6.45) is 4.23. The first-order chi connectivity index (χ1) is 21.3. The second-order valence-corrected chi connectivity index (χ2v) is 12.6. The molecule has 2 aromatic carbocycles. The lowest BCUT2D eigenvalue weighted by atomic mass is 9.95. The van der Waals surface area contributed by atoms with Gasteiger partial charge < -0.3 is 14.5 Å². The summed E-state index contributed by atoms with van der Waals surface area (Å²) in [6, 6.07) is 11.1. The van der Waals surface area contributed by atoms with Crippen molar-refractivity contribution in [2.45, 2.75) is 31.0 Å². The summed E-state index contributed by atoms with van der Waals surface area (Å²) >= 11 is 6.58. The van der Waals surface area contributed by atoms with Crippen LogP contribution in [0.25, 0.3) is 32.9 Å². The van der Waals surface area contributed by atoms with Crippen LogP contribution in [0.3, 0.4) is 0 Å². The Balaban J connectivity index is 1.28. The Bertz CT molecular complexity index is 1780. The second kappa shape index (κ2) is 11.2. The number of nitrogens with zero attached hydrogens (tertiary/aromatic N) is 6. The van der Waals surface area contributed by atoms with Gasteiger partial charge >= 0.3 is 6.01 Å². The molecule has 3 aliphatic heterocycles. The number of alkyl halides is 1. The number of halogens is 3. The van der Waals surface area contributed by atoms with Crippen LogP contribution in [0.4, 0.5) is 14.6 Å². The van der Waals surface area contributed by atoms with Gasteiger partial charge in [-0.25, -0.2) is 8.78 Å². The predicted molar refractivity (Wildman–Crippen MR) is 167 cm³/mol. The zero-order valence-corrected chi connectivity index (χ0v) is 25.2. The van der Waals surface area contributed by atoms with E-state index in [0.29, 0.717) is 59.8 Å². The largest absolute Gasteiger partial charge is 0.461 e. The Labute approximate surface area is 259 Å². The SMILES string of the molecule is C=CC(=O)N1CC(CN(C)c2nc(OC[C@]34CCCN3C[C@H](F)C4)nc3c(F)c(-c4cccc5cccc(Cl)c45)ncc23)C1. The third-order valence-corrected chi connectivity index (χ3v) is 9.64. The van der Waals surface area contributed by atoms with Crippen molar-refractivity contribution in [2.24, 2.45) is 5.92 Å². The standard InChI is InChI=1S/C33H33ClF2N6O2/c1-3-26(43)41-16-20(17-41)15-40(2)31-24-14-37-29(23-9-4-7-21-8-5-10-25(34)27(21)23)28(36)30(24)38-32(39-31)44-19-33-11-6-12-42(33)18-22(35)13-33/h3-5,7-10,14,20,22H,1,6,11-13,15-19H2,2H3/t22-,33-/m1/s1. The lowest BCUT2D eigenvalue weighted by molar-refractivity contribution is -0.131. The molecule has 5 heterocycles. The molecule has 0 aliphatic carbocycles. The molecule has 2 aromatic heterocycles. The molecule has 44 heavy (non-hydrogen) atoms. The summed E-state index contributed by atoms with van der Waals surface area (Å²) in [5.41, 5.74) is 0.367. The molecule has 0 unspecified atom stereocenters. The Morgan fingerprint density at radius 2 is 2.02 bits per heavy atom. The minimum absolute atomic E-state index is 0.0342. The van der Waals surface area contributed by atoms with Crippen molar-refractivity contribution in [3.05, 3.63) is 66.1 Å². The molecule has 0 N–H and O–H groups in total. The summed E-state index contributed by atoms with van der Waals surface area (Å²) in [7, 11) is 1.88. The van der Waals surface area contributed by atoms with Gasteiger partial charge in [-0.1, -0.05) is 48.5 Å². The fourth-order valence-electron chi connectivity index (χ4n) is 7.17. The normalized spacial score (nSPS) is 21.9. The Morgan fingerprint density at radius 1 is 1.23 bits per heavy atom. The molecule has 7 rings (SSSR count). The summed E-state index contributed by atoms with van der Waals surface area (Å²) in [5, 5.41) is 2.52. The van der Waals surface area contributed by atoms with Crippen molar-refractivity contribution in [3.63, 3.8) is 0 Å². The number of pyridine rings is 1. The highest BCUT2D eigenvalue weighted by Gasteiger charge is 2.49. The minimum atomic E-state index is -0.897. The number of ether oxygens (including phenoxy) is 1. The fourth-order valence-corrected chi connectivity index (χ4v) is 7.46. The third-order valence-electron chi connectivity index (χ3n) is 9.32. The highest BCUT2D eigenvalue weighted by atomic mass is 35.5. The first-order valence-corrected chi connectivity index (χ1v) is 15.3. The molecular formula is C33H33ClF2N6O2. The number of likely N-dealkylation sites (tertiary alicyclic amines) is 1. The van der Waals surface area contributed by atoms with Crippen LogP contribution in [0, 0.1) is 11.7 Å². The van der Waals surface area contributed by atoms with Gasteiger partial charge in [-0.2, -0.15) is 9.97 Å². The van der Waals surface area contributed by atoms with E-state index in [9.17, 15) is 9.18 Å². The van der Waals surface area contributed by atoms with Gasteiger partial charge in [0.25, 0.3) is 0 Å². The maximum Gasteiger partial charge on any atom is 0.319 e. The van der Waals surface area contributed by atoms with Gasteiger partial charge in [0.05, 0.1) is 10.9 Å². The van der Waals surface area contributed by atoms with Gasteiger partial charge in [-0.05, 0) is 36.9 Å². The first kappa shape index (κ1) is 28.9. The molecule has 2 atom stereocenters. The molecule has 3 fully saturated rings. The van der Waals surface area contributed by atoms with Gasteiger partial charge in [0.15, 0.2) is 5.82 Å². The highest BCUT2D eigenvalue weighted by molar-refractivity contribution is 6.36. The van der Waals surface area contributed by atoms with Crippen LogP contribution >= 0.6 is 11.6 Å². The summed E-state index contributed by atoms with van der Waals surface area (Å²) in [4.78, 5) is 31.7. The number of carbonyl (C=O) groups is 1. The molecule has 4 aromatic rings. The van der Waals surface area contributed by atoms with E-state index in [1.54, 1.807) is 23.2 Å². The topological polar surface area (TPSA) is 74.7 Å². The van der Waals surface area contributed by atoms with Gasteiger partial charge in [0.2, 0.25) is 5.91 Å². The van der Waals surface area contributed by atoms with Crippen LogP contribution in [0.5, 0.6) is 6.01 Å². The molecule has 11 heteroatoms. The average Bonchev–Trinajstić information content (AvgIpc) is 3.53. The molecule has 3 aliphatic rings. The number of rotatable bonds is 8. The van der Waals surface area contributed by atoms with Crippen LogP contribution in [0.15, 0.2) is 55.3 Å². The van der Waals surface area contributed by atoms with Crippen LogP contribution in [0.1, 0.15) is 19.3 Å². The molecule has 8 nitrogen and oxygen atoms in total. The quantitative estimate of drug-likeness (QED) is 0.236. The van der Waals surface area contributed by atoms with E-state index >= 15 is 4.39 Å². The average molecular weight is 619 g/mol. The number of amides is 1. The highest BCUT2D eigenvalue weighted by Crippen LogP contribution is 2.41. The maximum atomic E-state index is 16.6. The van der Waals surface area contributed by atoms with Crippen molar-refractivity contribution < 1.29 is 18.3 Å². The van der Waals surface area contributed by atoms with Crippen molar-refractivity contribution in [1.82, 2.24) is 24.8 Å². The maximum absolute atomic E-state index is 16.6. The smallest absolute Gasteiger partial charge is 0.319 e. The van der Waals surface area contributed by atoms with Crippen molar-refractivity contribution in [3.8, 4) is 17.3 Å². The molecule has 3 saturated heterocycles. The molecule has 0 radical (unpaired) electrons. The molecule has 1 amide bonds. The van der Waals surface area contributed by atoms with Crippen LogP contribution in [0.2, 0.25) is 5.02 Å². The van der Waals surface area contributed by atoms with E-state index < -0.39 is 17.5 Å². The van der Waals surface area contributed by atoms with Gasteiger partial charge in [-0.15, -0.1) is 0 Å². The lowest BCUT2D eigenvalue weighted by Crippen LogP contribution is -2.53. The Hall–Kier alpha value is -3.89. The Kier molecular flexibility index (Phi) is 7.37. The van der Waals surface area contributed by atoms with Crippen LogP contribution in [-0.2, 0) is 4.79 Å². The monoisotopic (exact) mass is 618 g/mol. The Morgan fingerprint density at radius 3 is 2.82 bits per heavy atom. The molecular weight excluding hydrogens is 586 g/mol. The molecule has 0 spiro atoms. The van der Waals surface area contributed by atoms with Crippen LogP contribution < -0.4 is 9.64 Å². The number of hydrogen-bond acceptors (Lipinski definition) is 7. The van der Waals surface area contributed by atoms with E-state index in [1.807, 2.05) is 36.2 Å². The van der Waals surface area contributed by atoms with Crippen LogP contribution in [-0.4, -0.2) is 88.7 Å². The number of benzene rings is 2. The minimum Gasteiger partial charge on any atom is -0.461 e. The van der Waals surface area contributed by atoms with Gasteiger partial charge in [0.1, 0.15) is 29.8 Å². The van der Waals surface area contributed by atoms with E-state index in [-0.39, 0.29) is 35.7 Å². The van der Waals surface area contributed by atoms with E-state index in [2.05, 4.69) is 21.4 Å². The lowest BCUT2D eigenvalue weighted by Gasteiger charge is -2.40. The summed E-state index contributed by atoms with van der Waals surface area (Å²) < 4.78 is 37.2. The van der Waals surface area contributed by atoms with E-state index in [4.69, 9.17) is 21.3 Å². The number of aromatic nitrogens is 3. The molecule has 0 saturated carbocycles. The molecule has 0 bridgehead atoms. The summed E-state index contributed by atoms with van der Waals surface area (Å²) in [5.74, 6) is -0.0159. The zero-order valence-electron chi connectivity index (χ0n) is 24.5. The number of anilines is 1. The fraction of sp³-hybridized carbons (Fsp3) is 0.394.